The molecule has 1 atom stereocenters. The number of benzene rings is 1. The summed E-state index contributed by atoms with van der Waals surface area (Å²) < 4.78 is 5.50. The molecule has 0 bridgehead atoms. The van der Waals surface area contributed by atoms with Crippen LogP contribution in [0.5, 0.6) is 5.88 Å². The highest BCUT2D eigenvalue weighted by Crippen LogP contribution is 2.36. The molecule has 0 radical (unpaired) electrons. The van der Waals surface area contributed by atoms with Gasteiger partial charge in [-0.2, -0.15) is 0 Å². The van der Waals surface area contributed by atoms with Crippen LogP contribution in [0.25, 0.3) is 10.9 Å². The molecule has 22 heavy (non-hydrogen) atoms. The van der Waals surface area contributed by atoms with Gasteiger partial charge in [0.1, 0.15) is 0 Å². The first kappa shape index (κ1) is 14.9. The van der Waals surface area contributed by atoms with Crippen LogP contribution in [0.4, 0.5) is 5.69 Å². The molecule has 1 aliphatic heterocycles. The van der Waals surface area contributed by atoms with Crippen molar-refractivity contribution < 1.29 is 9.84 Å². The number of azo groups is 1. The number of nitrogens with zero attached hydrogens (tertiary/aromatic N) is 2. The fourth-order valence-electron chi connectivity index (χ4n) is 2.57. The summed E-state index contributed by atoms with van der Waals surface area (Å²) in [5.41, 5.74) is 2.29. The van der Waals surface area contributed by atoms with E-state index in [1.807, 2.05) is 25.1 Å². The van der Waals surface area contributed by atoms with Crippen molar-refractivity contribution in [2.75, 3.05) is 13.2 Å². The molecule has 0 saturated carbocycles. The van der Waals surface area contributed by atoms with E-state index in [0.29, 0.717) is 12.2 Å². The molecule has 1 aromatic carbocycles. The Kier molecular flexibility index (Phi) is 4.35. The van der Waals surface area contributed by atoms with Crippen LogP contribution in [0.2, 0.25) is 0 Å². The summed E-state index contributed by atoms with van der Waals surface area (Å²) in [5.74, 6) is -0.00465. The number of aromatic nitrogens is 1. The van der Waals surface area contributed by atoms with Gasteiger partial charge < -0.3 is 20.1 Å². The van der Waals surface area contributed by atoms with Crippen molar-refractivity contribution in [3.8, 4) is 5.88 Å². The van der Waals surface area contributed by atoms with Gasteiger partial charge in [0, 0.05) is 18.5 Å². The van der Waals surface area contributed by atoms with Crippen LogP contribution in [0.3, 0.4) is 0 Å². The summed E-state index contributed by atoms with van der Waals surface area (Å²) in [6.45, 7) is 3.41. The number of fused-ring (bicyclic) bond motifs is 1. The van der Waals surface area contributed by atoms with Crippen LogP contribution in [-0.2, 0) is 4.74 Å². The number of thiocarbonyl (C=S) groups is 1. The van der Waals surface area contributed by atoms with Crippen molar-refractivity contribution in [1.29, 1.82) is 0 Å². The van der Waals surface area contributed by atoms with Gasteiger partial charge in [-0.3, -0.25) is 0 Å². The molecule has 0 amide bonds. The molecule has 1 fully saturated rings. The van der Waals surface area contributed by atoms with E-state index >= 15 is 0 Å². The molecule has 116 valence electrons. The highest BCUT2D eigenvalue weighted by Gasteiger charge is 2.15. The highest BCUT2D eigenvalue weighted by atomic mass is 32.1. The first-order valence-electron chi connectivity index (χ1n) is 7.26. The van der Waals surface area contributed by atoms with Gasteiger partial charge in [-0.05, 0) is 37.5 Å². The van der Waals surface area contributed by atoms with Crippen LogP contribution >= 0.6 is 12.2 Å². The van der Waals surface area contributed by atoms with E-state index in [2.05, 4.69) is 20.5 Å². The Morgan fingerprint density at radius 2 is 2.41 bits per heavy atom. The number of hydrogen-bond acceptors (Lipinski definition) is 4. The van der Waals surface area contributed by atoms with Crippen molar-refractivity contribution in [3.63, 3.8) is 0 Å². The maximum atomic E-state index is 9.98. The molecule has 0 aliphatic carbocycles. The van der Waals surface area contributed by atoms with E-state index in [4.69, 9.17) is 17.0 Å². The number of ether oxygens (including phenoxy) is 1. The number of hydrogen-bond donors (Lipinski definition) is 3. The zero-order valence-electron chi connectivity index (χ0n) is 12.3. The fraction of sp³-hybridized carbons (Fsp3) is 0.400. The lowest BCUT2D eigenvalue weighted by atomic mass is 10.1. The minimum absolute atomic E-state index is 0.00465. The van der Waals surface area contributed by atoms with Gasteiger partial charge in [-0.25, -0.2) is 0 Å². The summed E-state index contributed by atoms with van der Waals surface area (Å²) in [4.78, 5) is 2.91. The van der Waals surface area contributed by atoms with Crippen molar-refractivity contribution in [3.05, 3.63) is 23.8 Å². The molecular weight excluding hydrogens is 300 g/mol. The van der Waals surface area contributed by atoms with Crippen molar-refractivity contribution in [2.24, 2.45) is 10.2 Å². The van der Waals surface area contributed by atoms with Gasteiger partial charge in [0.05, 0.1) is 11.6 Å². The third-order valence-electron chi connectivity index (χ3n) is 3.74. The molecule has 1 saturated heterocycles. The zero-order valence-corrected chi connectivity index (χ0v) is 13.1. The fourth-order valence-corrected chi connectivity index (χ4v) is 2.70. The monoisotopic (exact) mass is 318 g/mol. The van der Waals surface area contributed by atoms with Crippen molar-refractivity contribution in [2.45, 2.75) is 25.9 Å². The van der Waals surface area contributed by atoms with Gasteiger partial charge >= 0.3 is 0 Å². The topological polar surface area (TPSA) is 82.0 Å². The van der Waals surface area contributed by atoms with Gasteiger partial charge in [0.2, 0.25) is 11.0 Å². The maximum Gasteiger partial charge on any atom is 0.218 e. The third-order valence-corrected chi connectivity index (χ3v) is 3.97. The van der Waals surface area contributed by atoms with Crippen LogP contribution in [-0.4, -0.2) is 34.5 Å². The van der Waals surface area contributed by atoms with E-state index < -0.39 is 0 Å². The van der Waals surface area contributed by atoms with Gasteiger partial charge in [-0.15, -0.1) is 10.2 Å². The van der Waals surface area contributed by atoms with E-state index in [9.17, 15) is 5.11 Å². The van der Waals surface area contributed by atoms with E-state index in [0.717, 1.165) is 35.9 Å². The largest absolute Gasteiger partial charge is 0.493 e. The average molecular weight is 318 g/mol. The predicted octanol–water partition coefficient (Wildman–Crippen LogP) is 3.32. The number of para-hydroxylation sites is 1. The summed E-state index contributed by atoms with van der Waals surface area (Å²) in [6.07, 6.45) is 2.32. The predicted molar refractivity (Wildman–Crippen MR) is 88.8 cm³/mol. The quantitative estimate of drug-likeness (QED) is 0.599. The summed E-state index contributed by atoms with van der Waals surface area (Å²) in [7, 11) is 0. The number of H-pyrrole nitrogens is 1. The van der Waals surface area contributed by atoms with Crippen molar-refractivity contribution in [1.82, 2.24) is 10.3 Å². The number of aromatic amines is 1. The van der Waals surface area contributed by atoms with Crippen molar-refractivity contribution >= 4 is 33.9 Å². The Balaban J connectivity index is 1.70. The summed E-state index contributed by atoms with van der Waals surface area (Å²) in [5, 5.41) is 22.2. The molecule has 6 nitrogen and oxygen atoms in total. The first-order chi connectivity index (χ1) is 10.6. The lowest BCUT2D eigenvalue weighted by Crippen LogP contribution is -2.29. The van der Waals surface area contributed by atoms with E-state index in [1.54, 1.807) is 0 Å². The SMILES string of the molecule is Cc1cccc2c(N=NC(=S)NC[C@@H]3CCCO3)c(O)[nH]c12. The molecule has 0 spiro atoms. The van der Waals surface area contributed by atoms with Gasteiger partial charge in [0.25, 0.3) is 0 Å². The lowest BCUT2D eigenvalue weighted by Gasteiger charge is -2.09. The molecule has 2 aromatic rings. The maximum absolute atomic E-state index is 9.98. The second kappa shape index (κ2) is 6.41. The Hall–Kier alpha value is -1.99. The second-order valence-corrected chi connectivity index (χ2v) is 5.73. The number of nitrogens with one attached hydrogen (secondary N) is 2. The Bertz CT molecular complexity index is 720. The lowest BCUT2D eigenvalue weighted by molar-refractivity contribution is 0.114. The average Bonchev–Trinajstić information content (AvgIpc) is 3.11. The van der Waals surface area contributed by atoms with Crippen LogP contribution in [0.15, 0.2) is 28.4 Å². The third kappa shape index (κ3) is 3.10. The van der Waals surface area contributed by atoms with Crippen LogP contribution < -0.4 is 5.32 Å². The van der Waals surface area contributed by atoms with Crippen LogP contribution in [0.1, 0.15) is 18.4 Å². The van der Waals surface area contributed by atoms with E-state index in [-0.39, 0.29) is 17.1 Å². The van der Waals surface area contributed by atoms with Gasteiger partial charge in [0.15, 0.2) is 5.69 Å². The second-order valence-electron chi connectivity index (χ2n) is 5.34. The van der Waals surface area contributed by atoms with Gasteiger partial charge in [-0.1, -0.05) is 18.2 Å². The molecular formula is C15H18N4O2S. The Morgan fingerprint density at radius 1 is 1.55 bits per heavy atom. The zero-order chi connectivity index (χ0) is 15.5. The molecule has 0 unspecified atom stereocenters. The van der Waals surface area contributed by atoms with Crippen LogP contribution in [0, 0.1) is 6.92 Å². The Labute approximate surface area is 133 Å². The summed E-state index contributed by atoms with van der Waals surface area (Å²) >= 11 is 5.13. The smallest absolute Gasteiger partial charge is 0.218 e. The molecule has 1 aliphatic rings. The standard InChI is InChI=1S/C15H18N4O2S/c1-9-4-2-6-11-12(9)17-14(20)13(11)18-19-15(22)16-8-10-5-3-7-21-10/h2,4,6,10,17,20H,3,5,7-8H2,1H3,(H,16,22)/t10-/m0/s1. The normalized spacial score (nSPS) is 18.3. The van der Waals surface area contributed by atoms with E-state index in [1.165, 1.54) is 0 Å². The molecule has 3 rings (SSSR count). The molecule has 3 N–H and O–H groups in total. The first-order valence-corrected chi connectivity index (χ1v) is 7.67. The number of aromatic hydroxyl groups is 1. The molecule has 2 heterocycles. The highest BCUT2D eigenvalue weighted by molar-refractivity contribution is 7.80. The summed E-state index contributed by atoms with van der Waals surface area (Å²) in [6, 6.07) is 5.76. The number of aryl methyl sites for hydroxylation is 1. The molecule has 7 heteroatoms. The minimum Gasteiger partial charge on any atom is -0.493 e. The Morgan fingerprint density at radius 3 is 3.18 bits per heavy atom. The number of rotatable bonds is 3. The molecule has 1 aromatic heterocycles. The minimum atomic E-state index is -0.00465.